The molecule has 0 bridgehead atoms. The SMILES string of the molecule is COC(=O)C[C@@H](C[C@@H](C=O)O[Si](c1ccccc1)(c1ccccc1)C(C)(C)C)O[Si](c1ccccc1)(c1ccccc1)C(C)(C)C. The molecule has 46 heavy (non-hydrogen) atoms. The van der Waals surface area contributed by atoms with Crippen molar-refractivity contribution >= 4 is 49.6 Å². The molecule has 0 unspecified atom stereocenters. The number of hydrogen-bond donors (Lipinski definition) is 0. The standard InChI is InChI=1S/C39H48O5Si2/c1-38(2,3)45(33-20-12-8-13-21-33,34-22-14-9-15-23-34)43-31(29-37(41)42-7)28-32(30-40)44-46(39(4,5)6,35-24-16-10-17-25-35)36-26-18-11-19-27-36/h8-27,30-32H,28-29H2,1-7H3/t31-,32+/m1/s1. The van der Waals surface area contributed by atoms with Gasteiger partial charge in [-0.3, -0.25) is 4.79 Å². The summed E-state index contributed by atoms with van der Waals surface area (Å²) in [4.78, 5) is 26.1. The number of esters is 1. The van der Waals surface area contributed by atoms with Gasteiger partial charge in [-0.2, -0.15) is 0 Å². The van der Waals surface area contributed by atoms with Crippen molar-refractivity contribution in [2.24, 2.45) is 0 Å². The molecule has 0 saturated heterocycles. The van der Waals surface area contributed by atoms with Crippen molar-refractivity contribution in [3.8, 4) is 0 Å². The summed E-state index contributed by atoms with van der Waals surface area (Å²) < 4.78 is 19.8. The van der Waals surface area contributed by atoms with Crippen LogP contribution in [0.5, 0.6) is 0 Å². The Morgan fingerprint density at radius 1 is 0.609 bits per heavy atom. The molecule has 0 aliphatic carbocycles. The van der Waals surface area contributed by atoms with Crippen molar-refractivity contribution in [2.45, 2.75) is 76.7 Å². The molecular weight excluding hydrogens is 605 g/mol. The molecular formula is C39H48O5Si2. The molecule has 0 aliphatic rings. The third kappa shape index (κ3) is 7.34. The lowest BCUT2D eigenvalue weighted by Gasteiger charge is -2.46. The molecule has 2 atom stereocenters. The Morgan fingerprint density at radius 2 is 0.935 bits per heavy atom. The lowest BCUT2D eigenvalue weighted by Crippen LogP contribution is -2.69. The minimum atomic E-state index is -3.06. The molecule has 5 nitrogen and oxygen atoms in total. The highest BCUT2D eigenvalue weighted by molar-refractivity contribution is 7.00. The van der Waals surface area contributed by atoms with Crippen molar-refractivity contribution in [1.29, 1.82) is 0 Å². The van der Waals surface area contributed by atoms with Crippen LogP contribution in [0.2, 0.25) is 10.1 Å². The lowest BCUT2D eigenvalue weighted by molar-refractivity contribution is -0.143. The number of methoxy groups -OCH3 is 1. The molecule has 0 heterocycles. The van der Waals surface area contributed by atoms with E-state index in [1.165, 1.54) is 7.11 Å². The summed E-state index contributed by atoms with van der Waals surface area (Å²) in [6.07, 6.45) is -0.396. The molecule has 242 valence electrons. The second kappa shape index (κ2) is 14.9. The Labute approximate surface area is 277 Å². The summed E-state index contributed by atoms with van der Waals surface area (Å²) >= 11 is 0. The summed E-state index contributed by atoms with van der Waals surface area (Å²) in [6, 6.07) is 41.1. The van der Waals surface area contributed by atoms with Crippen LogP contribution in [0.3, 0.4) is 0 Å². The summed E-state index contributed by atoms with van der Waals surface area (Å²) in [5.41, 5.74) is 0. The second-order valence-corrected chi connectivity index (χ2v) is 22.4. The van der Waals surface area contributed by atoms with Crippen molar-refractivity contribution in [3.05, 3.63) is 121 Å². The maximum atomic E-state index is 13.1. The number of ether oxygens (including phenoxy) is 1. The fourth-order valence-corrected chi connectivity index (χ4v) is 16.0. The van der Waals surface area contributed by atoms with Crippen molar-refractivity contribution in [2.75, 3.05) is 7.11 Å². The van der Waals surface area contributed by atoms with Crippen molar-refractivity contribution in [3.63, 3.8) is 0 Å². The van der Waals surface area contributed by atoms with Crippen LogP contribution in [-0.2, 0) is 23.2 Å². The maximum absolute atomic E-state index is 13.1. The molecule has 0 aliphatic heterocycles. The molecule has 7 heteroatoms. The highest BCUT2D eigenvalue weighted by atomic mass is 28.4. The molecule has 0 amide bonds. The van der Waals surface area contributed by atoms with E-state index >= 15 is 0 Å². The normalized spacial score (nSPS) is 13.9. The Hall–Kier alpha value is -3.63. The van der Waals surface area contributed by atoms with Gasteiger partial charge >= 0.3 is 5.97 Å². The highest BCUT2D eigenvalue weighted by Crippen LogP contribution is 2.40. The smallest absolute Gasteiger partial charge is 0.308 e. The van der Waals surface area contributed by atoms with E-state index in [-0.39, 0.29) is 22.9 Å². The number of carbonyl (C=O) groups excluding carboxylic acids is 2. The van der Waals surface area contributed by atoms with Gasteiger partial charge < -0.3 is 18.4 Å². The first-order valence-corrected chi connectivity index (χ1v) is 19.8. The van der Waals surface area contributed by atoms with E-state index in [4.69, 9.17) is 13.6 Å². The fraction of sp³-hybridized carbons (Fsp3) is 0.333. The van der Waals surface area contributed by atoms with Crippen LogP contribution >= 0.6 is 0 Å². The summed E-state index contributed by atoms with van der Waals surface area (Å²) in [5, 5.41) is 3.71. The van der Waals surface area contributed by atoms with Gasteiger partial charge in [0.05, 0.1) is 19.6 Å². The first-order chi connectivity index (χ1) is 21.9. The zero-order valence-corrected chi connectivity index (χ0v) is 30.2. The molecule has 0 spiro atoms. The van der Waals surface area contributed by atoms with Gasteiger partial charge in [-0.1, -0.05) is 163 Å². The minimum Gasteiger partial charge on any atom is -0.469 e. The first-order valence-electron chi connectivity index (χ1n) is 16.0. The van der Waals surface area contributed by atoms with E-state index in [1.807, 2.05) is 72.8 Å². The van der Waals surface area contributed by atoms with E-state index in [0.29, 0.717) is 0 Å². The predicted octanol–water partition coefficient (Wildman–Crippen LogP) is 6.03. The number of carbonyl (C=O) groups is 2. The average molecular weight is 653 g/mol. The second-order valence-electron chi connectivity index (χ2n) is 13.9. The van der Waals surface area contributed by atoms with Crippen LogP contribution in [0.1, 0.15) is 54.4 Å². The Bertz CT molecular complexity index is 1450. The van der Waals surface area contributed by atoms with Crippen LogP contribution in [-0.4, -0.2) is 48.2 Å². The lowest BCUT2D eigenvalue weighted by atomic mass is 10.1. The van der Waals surface area contributed by atoms with Crippen LogP contribution in [0, 0.1) is 0 Å². The number of benzene rings is 4. The molecule has 4 rings (SSSR count). The van der Waals surface area contributed by atoms with Crippen LogP contribution < -0.4 is 20.7 Å². The van der Waals surface area contributed by atoms with E-state index in [0.717, 1.165) is 27.0 Å². The van der Waals surface area contributed by atoms with Gasteiger partial charge in [-0.05, 0) is 30.8 Å². The number of rotatable bonds is 13. The topological polar surface area (TPSA) is 61.8 Å². The van der Waals surface area contributed by atoms with Gasteiger partial charge in [0.2, 0.25) is 0 Å². The van der Waals surface area contributed by atoms with Gasteiger partial charge in [-0.25, -0.2) is 0 Å². The molecule has 0 fully saturated rings. The third-order valence-electron chi connectivity index (χ3n) is 8.77. The monoisotopic (exact) mass is 652 g/mol. The maximum Gasteiger partial charge on any atom is 0.308 e. The van der Waals surface area contributed by atoms with E-state index < -0.39 is 34.8 Å². The Kier molecular flexibility index (Phi) is 11.4. The molecule has 0 aromatic heterocycles. The molecule has 0 N–H and O–H groups in total. The number of aldehydes is 1. The Balaban J connectivity index is 1.85. The third-order valence-corrected chi connectivity index (χ3v) is 18.9. The van der Waals surface area contributed by atoms with Crippen LogP contribution in [0.15, 0.2) is 121 Å². The summed E-state index contributed by atoms with van der Waals surface area (Å²) in [6.45, 7) is 13.2. The zero-order chi connectivity index (χ0) is 33.4. The van der Waals surface area contributed by atoms with Crippen LogP contribution in [0.4, 0.5) is 0 Å². The molecule has 0 radical (unpaired) electrons. The largest absolute Gasteiger partial charge is 0.469 e. The minimum absolute atomic E-state index is 0.00452. The van der Waals surface area contributed by atoms with Crippen molar-refractivity contribution < 1.29 is 23.2 Å². The van der Waals surface area contributed by atoms with Crippen molar-refractivity contribution in [1.82, 2.24) is 0 Å². The first kappa shape index (κ1) is 35.2. The van der Waals surface area contributed by atoms with Gasteiger partial charge in [0.15, 0.2) is 0 Å². The molecule has 4 aromatic rings. The average Bonchev–Trinajstić information content (AvgIpc) is 3.05. The summed E-state index contributed by atoms with van der Waals surface area (Å²) in [7, 11) is -4.74. The molecule has 4 aromatic carbocycles. The van der Waals surface area contributed by atoms with E-state index in [1.54, 1.807) is 0 Å². The van der Waals surface area contributed by atoms with Gasteiger partial charge in [0, 0.05) is 6.42 Å². The fourth-order valence-electron chi connectivity index (χ4n) is 6.69. The van der Waals surface area contributed by atoms with Gasteiger partial charge in [-0.15, -0.1) is 0 Å². The van der Waals surface area contributed by atoms with Gasteiger partial charge in [0.1, 0.15) is 12.4 Å². The van der Waals surface area contributed by atoms with Crippen LogP contribution in [0.25, 0.3) is 0 Å². The van der Waals surface area contributed by atoms with Gasteiger partial charge in [0.25, 0.3) is 16.6 Å². The zero-order valence-electron chi connectivity index (χ0n) is 28.2. The quantitative estimate of drug-likeness (QED) is 0.100. The van der Waals surface area contributed by atoms with E-state index in [2.05, 4.69) is 90.1 Å². The number of hydrogen-bond acceptors (Lipinski definition) is 5. The highest BCUT2D eigenvalue weighted by Gasteiger charge is 2.54. The molecule has 0 saturated carbocycles. The summed E-state index contributed by atoms with van der Waals surface area (Å²) in [5.74, 6) is -0.391. The Morgan fingerprint density at radius 3 is 1.22 bits per heavy atom. The predicted molar refractivity (Wildman–Crippen MR) is 192 cm³/mol. The van der Waals surface area contributed by atoms with E-state index in [9.17, 15) is 9.59 Å².